The minimum Gasteiger partial charge on any atom is -0.399 e. The van der Waals surface area contributed by atoms with Crippen LogP contribution in [0.5, 0.6) is 0 Å². The highest BCUT2D eigenvalue weighted by Crippen LogP contribution is 2.10. The Morgan fingerprint density at radius 3 is 2.54 bits per heavy atom. The van der Waals surface area contributed by atoms with Crippen LogP contribution in [0.4, 0.5) is 5.69 Å². The Bertz CT molecular complexity index is 259. The molecule has 0 heterocycles. The molecular formula is C10H15NO2. The van der Waals surface area contributed by atoms with Crippen LogP contribution in [-0.2, 0) is 15.9 Å². The Hall–Kier alpha value is -1.06. The van der Waals surface area contributed by atoms with Gasteiger partial charge >= 0.3 is 0 Å². The summed E-state index contributed by atoms with van der Waals surface area (Å²) in [5.41, 5.74) is 7.52. The van der Waals surface area contributed by atoms with Crippen molar-refractivity contribution in [3.05, 3.63) is 29.8 Å². The van der Waals surface area contributed by atoms with Gasteiger partial charge in [0, 0.05) is 26.3 Å². The van der Waals surface area contributed by atoms with E-state index in [9.17, 15) is 0 Å². The van der Waals surface area contributed by atoms with E-state index in [-0.39, 0.29) is 6.29 Å². The molecule has 0 atom stereocenters. The summed E-state index contributed by atoms with van der Waals surface area (Å²) in [5, 5.41) is 0. The minimum atomic E-state index is -0.193. The van der Waals surface area contributed by atoms with E-state index in [1.54, 1.807) is 14.2 Å². The van der Waals surface area contributed by atoms with Crippen molar-refractivity contribution in [3.8, 4) is 0 Å². The number of anilines is 1. The number of nitrogen functional groups attached to an aromatic ring is 1. The lowest BCUT2D eigenvalue weighted by molar-refractivity contribution is -0.100. The van der Waals surface area contributed by atoms with E-state index in [1.807, 2.05) is 24.3 Å². The highest BCUT2D eigenvalue weighted by Gasteiger charge is 2.05. The summed E-state index contributed by atoms with van der Waals surface area (Å²) in [6, 6.07) is 7.71. The molecule has 0 aromatic heterocycles. The van der Waals surface area contributed by atoms with E-state index in [1.165, 1.54) is 0 Å². The molecule has 0 aliphatic heterocycles. The van der Waals surface area contributed by atoms with Gasteiger partial charge in [-0.25, -0.2) is 0 Å². The fourth-order valence-electron chi connectivity index (χ4n) is 1.18. The van der Waals surface area contributed by atoms with E-state index in [2.05, 4.69) is 0 Å². The number of rotatable bonds is 4. The first-order valence-electron chi connectivity index (χ1n) is 4.16. The smallest absolute Gasteiger partial charge is 0.160 e. The third-order valence-corrected chi connectivity index (χ3v) is 1.88. The normalized spacial score (nSPS) is 10.7. The molecule has 0 saturated heterocycles. The third-order valence-electron chi connectivity index (χ3n) is 1.88. The maximum Gasteiger partial charge on any atom is 0.160 e. The summed E-state index contributed by atoms with van der Waals surface area (Å²) in [4.78, 5) is 0. The van der Waals surface area contributed by atoms with Crippen LogP contribution in [0.15, 0.2) is 24.3 Å². The van der Waals surface area contributed by atoms with E-state index in [0.29, 0.717) is 0 Å². The van der Waals surface area contributed by atoms with Crippen LogP contribution >= 0.6 is 0 Å². The van der Waals surface area contributed by atoms with Crippen LogP contribution in [0.1, 0.15) is 5.56 Å². The molecule has 1 aromatic rings. The maximum atomic E-state index is 5.64. The molecule has 0 aliphatic carbocycles. The molecule has 72 valence electrons. The molecule has 3 nitrogen and oxygen atoms in total. The molecule has 0 fully saturated rings. The summed E-state index contributed by atoms with van der Waals surface area (Å²) in [5.74, 6) is 0. The Kier molecular flexibility index (Phi) is 3.73. The maximum absolute atomic E-state index is 5.64. The SMILES string of the molecule is COC(Cc1cccc(N)c1)OC. The first-order valence-corrected chi connectivity index (χ1v) is 4.16. The van der Waals surface area contributed by atoms with Gasteiger partial charge in [-0.15, -0.1) is 0 Å². The second kappa shape index (κ2) is 4.84. The second-order valence-corrected chi connectivity index (χ2v) is 2.85. The molecule has 0 radical (unpaired) electrons. The van der Waals surface area contributed by atoms with Crippen molar-refractivity contribution in [2.45, 2.75) is 12.7 Å². The lowest BCUT2D eigenvalue weighted by atomic mass is 10.1. The molecule has 1 rings (SSSR count). The molecule has 0 amide bonds. The van der Waals surface area contributed by atoms with Crippen LogP contribution < -0.4 is 5.73 Å². The first kappa shape index (κ1) is 10.0. The quantitative estimate of drug-likeness (QED) is 0.564. The van der Waals surface area contributed by atoms with Crippen LogP contribution in [0, 0.1) is 0 Å². The summed E-state index contributed by atoms with van der Waals surface area (Å²) in [7, 11) is 3.25. The van der Waals surface area contributed by atoms with Crippen LogP contribution in [0.25, 0.3) is 0 Å². The lowest BCUT2D eigenvalue weighted by Gasteiger charge is -2.13. The fraction of sp³-hybridized carbons (Fsp3) is 0.400. The van der Waals surface area contributed by atoms with Gasteiger partial charge in [0.1, 0.15) is 0 Å². The zero-order chi connectivity index (χ0) is 9.68. The summed E-state index contributed by atoms with van der Waals surface area (Å²) in [6.45, 7) is 0. The average Bonchev–Trinajstić information content (AvgIpc) is 2.14. The van der Waals surface area contributed by atoms with Gasteiger partial charge in [-0.1, -0.05) is 12.1 Å². The van der Waals surface area contributed by atoms with Gasteiger partial charge in [-0.3, -0.25) is 0 Å². The summed E-state index contributed by atoms with van der Waals surface area (Å²) >= 11 is 0. The molecule has 0 saturated carbocycles. The number of nitrogens with two attached hydrogens (primary N) is 1. The Balaban J connectivity index is 2.62. The number of benzene rings is 1. The Morgan fingerprint density at radius 2 is 2.00 bits per heavy atom. The topological polar surface area (TPSA) is 44.5 Å². The number of methoxy groups -OCH3 is 2. The van der Waals surface area contributed by atoms with Gasteiger partial charge in [-0.2, -0.15) is 0 Å². The van der Waals surface area contributed by atoms with Crippen molar-refractivity contribution in [3.63, 3.8) is 0 Å². The highest BCUT2D eigenvalue weighted by molar-refractivity contribution is 5.40. The zero-order valence-corrected chi connectivity index (χ0v) is 7.99. The number of ether oxygens (including phenoxy) is 2. The van der Waals surface area contributed by atoms with Crippen molar-refractivity contribution in [2.75, 3.05) is 20.0 Å². The van der Waals surface area contributed by atoms with Gasteiger partial charge in [0.2, 0.25) is 0 Å². The van der Waals surface area contributed by atoms with Gasteiger partial charge in [-0.05, 0) is 17.7 Å². The van der Waals surface area contributed by atoms with Gasteiger partial charge in [0.25, 0.3) is 0 Å². The molecular weight excluding hydrogens is 166 g/mol. The van der Waals surface area contributed by atoms with E-state index >= 15 is 0 Å². The standard InChI is InChI=1S/C10H15NO2/c1-12-10(13-2)7-8-4-3-5-9(11)6-8/h3-6,10H,7,11H2,1-2H3. The van der Waals surface area contributed by atoms with Crippen molar-refractivity contribution in [2.24, 2.45) is 0 Å². The van der Waals surface area contributed by atoms with Gasteiger partial charge in [0.05, 0.1) is 0 Å². The Morgan fingerprint density at radius 1 is 1.31 bits per heavy atom. The molecule has 3 heteroatoms. The third kappa shape index (κ3) is 3.05. The number of hydrogen-bond donors (Lipinski definition) is 1. The van der Waals surface area contributed by atoms with Crippen molar-refractivity contribution in [1.82, 2.24) is 0 Å². The minimum absolute atomic E-state index is 0.193. The molecule has 0 bridgehead atoms. The predicted octanol–water partition coefficient (Wildman–Crippen LogP) is 1.43. The number of hydrogen-bond acceptors (Lipinski definition) is 3. The van der Waals surface area contributed by atoms with Crippen molar-refractivity contribution < 1.29 is 9.47 Å². The molecule has 0 spiro atoms. The first-order chi connectivity index (χ1) is 6.26. The monoisotopic (exact) mass is 181 g/mol. The molecule has 13 heavy (non-hydrogen) atoms. The van der Waals surface area contributed by atoms with Crippen molar-refractivity contribution in [1.29, 1.82) is 0 Å². The zero-order valence-electron chi connectivity index (χ0n) is 7.99. The van der Waals surface area contributed by atoms with Crippen molar-refractivity contribution >= 4 is 5.69 Å². The van der Waals surface area contributed by atoms with Gasteiger partial charge in [0.15, 0.2) is 6.29 Å². The van der Waals surface area contributed by atoms with Crippen LogP contribution in [0.2, 0.25) is 0 Å². The van der Waals surface area contributed by atoms with Crippen LogP contribution in [-0.4, -0.2) is 20.5 Å². The fourth-order valence-corrected chi connectivity index (χ4v) is 1.18. The Labute approximate surface area is 78.5 Å². The summed E-state index contributed by atoms with van der Waals surface area (Å²) < 4.78 is 10.2. The van der Waals surface area contributed by atoms with E-state index < -0.39 is 0 Å². The highest BCUT2D eigenvalue weighted by atomic mass is 16.7. The largest absolute Gasteiger partial charge is 0.399 e. The van der Waals surface area contributed by atoms with E-state index in [4.69, 9.17) is 15.2 Å². The van der Waals surface area contributed by atoms with E-state index in [0.717, 1.165) is 17.7 Å². The lowest BCUT2D eigenvalue weighted by Crippen LogP contribution is -2.16. The molecule has 0 unspecified atom stereocenters. The molecule has 0 aliphatic rings. The average molecular weight is 181 g/mol. The second-order valence-electron chi connectivity index (χ2n) is 2.85. The molecule has 1 aromatic carbocycles. The predicted molar refractivity (Wildman–Crippen MR) is 52.4 cm³/mol. The van der Waals surface area contributed by atoms with Crippen LogP contribution in [0.3, 0.4) is 0 Å². The van der Waals surface area contributed by atoms with Gasteiger partial charge < -0.3 is 15.2 Å². The summed E-state index contributed by atoms with van der Waals surface area (Å²) in [6.07, 6.45) is 0.527. The molecule has 2 N–H and O–H groups in total.